The smallest absolute Gasteiger partial charge is 0.239 e. The minimum absolute atomic E-state index is 0.339. The normalized spacial score (nSPS) is 12.0. The van der Waals surface area contributed by atoms with Crippen molar-refractivity contribution in [1.82, 2.24) is 15.0 Å². The van der Waals surface area contributed by atoms with Gasteiger partial charge in [-0.25, -0.2) is 9.97 Å². The summed E-state index contributed by atoms with van der Waals surface area (Å²) in [6.45, 7) is 1.65. The molecule has 0 unspecified atom stereocenters. The zero-order valence-electron chi connectivity index (χ0n) is 11.8. The SMILES string of the molecule is C[C@@H](Nc1nccc(Nc2ccc3scnc3c2)n1)C(N)=O. The number of rotatable bonds is 5. The van der Waals surface area contributed by atoms with E-state index in [9.17, 15) is 4.79 Å². The number of carbonyl (C=O) groups is 1. The summed E-state index contributed by atoms with van der Waals surface area (Å²) in [6.07, 6.45) is 1.60. The van der Waals surface area contributed by atoms with Gasteiger partial charge in [-0.3, -0.25) is 4.79 Å². The van der Waals surface area contributed by atoms with Crippen molar-refractivity contribution >= 4 is 44.9 Å². The van der Waals surface area contributed by atoms with Gasteiger partial charge in [-0.15, -0.1) is 11.3 Å². The maximum Gasteiger partial charge on any atom is 0.239 e. The molecule has 112 valence electrons. The first-order valence-corrected chi connectivity index (χ1v) is 7.49. The summed E-state index contributed by atoms with van der Waals surface area (Å²) in [5.74, 6) is 0.491. The van der Waals surface area contributed by atoms with E-state index in [1.807, 2.05) is 23.7 Å². The molecule has 1 aromatic carbocycles. The Bertz CT molecular complexity index is 818. The summed E-state index contributed by atoms with van der Waals surface area (Å²) in [5, 5.41) is 6.03. The van der Waals surface area contributed by atoms with Gasteiger partial charge in [0.15, 0.2) is 0 Å². The summed E-state index contributed by atoms with van der Waals surface area (Å²) < 4.78 is 1.13. The minimum atomic E-state index is -0.540. The second-order valence-electron chi connectivity index (χ2n) is 4.69. The summed E-state index contributed by atoms with van der Waals surface area (Å²) >= 11 is 1.60. The van der Waals surface area contributed by atoms with Crippen LogP contribution in [0.1, 0.15) is 6.92 Å². The fourth-order valence-corrected chi connectivity index (χ4v) is 2.50. The number of nitrogens with zero attached hydrogens (tertiary/aromatic N) is 3. The van der Waals surface area contributed by atoms with Gasteiger partial charge in [0.05, 0.1) is 15.7 Å². The molecule has 0 aliphatic heterocycles. The van der Waals surface area contributed by atoms with Crippen LogP contribution in [0.2, 0.25) is 0 Å². The highest BCUT2D eigenvalue weighted by Crippen LogP contribution is 2.23. The fourth-order valence-electron chi connectivity index (χ4n) is 1.85. The second kappa shape index (κ2) is 5.94. The molecule has 1 amide bonds. The van der Waals surface area contributed by atoms with Crippen molar-refractivity contribution in [3.8, 4) is 0 Å². The lowest BCUT2D eigenvalue weighted by Crippen LogP contribution is -2.33. The third-order valence-electron chi connectivity index (χ3n) is 3.03. The zero-order chi connectivity index (χ0) is 15.5. The largest absolute Gasteiger partial charge is 0.368 e. The maximum atomic E-state index is 11.1. The van der Waals surface area contributed by atoms with Gasteiger partial charge in [-0.05, 0) is 31.2 Å². The molecule has 2 heterocycles. The third kappa shape index (κ3) is 3.12. The van der Waals surface area contributed by atoms with Crippen LogP contribution in [-0.4, -0.2) is 26.9 Å². The molecule has 0 bridgehead atoms. The monoisotopic (exact) mass is 314 g/mol. The average molecular weight is 314 g/mol. The molecule has 8 heteroatoms. The van der Waals surface area contributed by atoms with Crippen LogP contribution in [0.5, 0.6) is 0 Å². The molecule has 0 saturated carbocycles. The van der Waals surface area contributed by atoms with Crippen molar-refractivity contribution in [1.29, 1.82) is 0 Å². The van der Waals surface area contributed by atoms with E-state index in [-0.39, 0.29) is 0 Å². The number of hydrogen-bond donors (Lipinski definition) is 3. The summed E-state index contributed by atoms with van der Waals surface area (Å²) in [5.41, 5.74) is 8.84. The number of hydrogen-bond acceptors (Lipinski definition) is 7. The molecule has 0 aliphatic carbocycles. The van der Waals surface area contributed by atoms with Crippen molar-refractivity contribution in [3.05, 3.63) is 36.0 Å². The molecule has 4 N–H and O–H groups in total. The van der Waals surface area contributed by atoms with Crippen LogP contribution in [-0.2, 0) is 4.79 Å². The molecule has 1 atom stereocenters. The van der Waals surface area contributed by atoms with E-state index in [0.29, 0.717) is 11.8 Å². The number of amides is 1. The summed E-state index contributed by atoms with van der Waals surface area (Å²) in [6, 6.07) is 7.12. The van der Waals surface area contributed by atoms with Crippen molar-refractivity contribution < 1.29 is 4.79 Å². The Morgan fingerprint density at radius 2 is 2.18 bits per heavy atom. The van der Waals surface area contributed by atoms with Crippen molar-refractivity contribution in [2.75, 3.05) is 10.6 Å². The molecule has 0 aliphatic rings. The number of anilines is 3. The lowest BCUT2D eigenvalue weighted by atomic mass is 10.3. The van der Waals surface area contributed by atoms with Crippen LogP contribution >= 0.6 is 11.3 Å². The molecular weight excluding hydrogens is 300 g/mol. The Balaban J connectivity index is 1.78. The molecule has 0 radical (unpaired) electrons. The van der Waals surface area contributed by atoms with Gasteiger partial charge in [0.1, 0.15) is 11.9 Å². The molecule has 22 heavy (non-hydrogen) atoms. The molecule has 3 aromatic rings. The third-order valence-corrected chi connectivity index (χ3v) is 3.84. The quantitative estimate of drug-likeness (QED) is 0.666. The standard InChI is InChI=1S/C14H14N6OS/c1-8(13(15)21)18-14-16-5-4-12(20-14)19-9-2-3-11-10(6-9)17-7-22-11/h2-8H,1H3,(H2,15,21)(H2,16,18,19,20)/t8-/m1/s1. The van der Waals surface area contributed by atoms with Gasteiger partial charge in [-0.1, -0.05) is 0 Å². The number of nitrogens with two attached hydrogens (primary N) is 1. The number of primary amides is 1. The van der Waals surface area contributed by atoms with E-state index >= 15 is 0 Å². The lowest BCUT2D eigenvalue weighted by Gasteiger charge is -2.11. The van der Waals surface area contributed by atoms with E-state index < -0.39 is 11.9 Å². The number of fused-ring (bicyclic) bond motifs is 1. The molecule has 7 nitrogen and oxygen atoms in total. The number of carbonyl (C=O) groups excluding carboxylic acids is 1. The average Bonchev–Trinajstić information content (AvgIpc) is 2.95. The van der Waals surface area contributed by atoms with E-state index in [4.69, 9.17) is 5.73 Å². The first-order valence-electron chi connectivity index (χ1n) is 6.61. The minimum Gasteiger partial charge on any atom is -0.368 e. The van der Waals surface area contributed by atoms with Gasteiger partial charge in [0.25, 0.3) is 0 Å². The van der Waals surface area contributed by atoms with E-state index in [0.717, 1.165) is 15.9 Å². The summed E-state index contributed by atoms with van der Waals surface area (Å²) in [7, 11) is 0. The molecule has 0 fully saturated rings. The molecule has 2 aromatic heterocycles. The van der Waals surface area contributed by atoms with Crippen molar-refractivity contribution in [2.45, 2.75) is 13.0 Å². The number of thiazole rings is 1. The van der Waals surface area contributed by atoms with Crippen LogP contribution in [0.15, 0.2) is 36.0 Å². The van der Waals surface area contributed by atoms with E-state index in [2.05, 4.69) is 25.6 Å². The van der Waals surface area contributed by atoms with Crippen LogP contribution in [0.4, 0.5) is 17.5 Å². The predicted molar refractivity (Wildman–Crippen MR) is 87.2 cm³/mol. The Kier molecular flexibility index (Phi) is 3.84. The topological polar surface area (TPSA) is 106 Å². The van der Waals surface area contributed by atoms with Crippen LogP contribution in [0.3, 0.4) is 0 Å². The Morgan fingerprint density at radius 1 is 1.32 bits per heavy atom. The first-order chi connectivity index (χ1) is 10.6. The van der Waals surface area contributed by atoms with Crippen LogP contribution < -0.4 is 16.4 Å². The van der Waals surface area contributed by atoms with E-state index in [1.54, 1.807) is 30.5 Å². The van der Waals surface area contributed by atoms with Crippen molar-refractivity contribution in [3.63, 3.8) is 0 Å². The highest BCUT2D eigenvalue weighted by molar-refractivity contribution is 7.16. The van der Waals surface area contributed by atoms with E-state index in [1.165, 1.54) is 0 Å². The first kappa shape index (κ1) is 14.2. The van der Waals surface area contributed by atoms with Gasteiger partial charge in [-0.2, -0.15) is 4.98 Å². The van der Waals surface area contributed by atoms with Crippen LogP contribution in [0, 0.1) is 0 Å². The number of aromatic nitrogens is 3. The predicted octanol–water partition coefficient (Wildman–Crippen LogP) is 2.12. The fraction of sp³-hybridized carbons (Fsp3) is 0.143. The maximum absolute atomic E-state index is 11.1. The van der Waals surface area contributed by atoms with Gasteiger partial charge in [0.2, 0.25) is 11.9 Å². The Morgan fingerprint density at radius 3 is 3.00 bits per heavy atom. The van der Waals surface area contributed by atoms with Gasteiger partial charge < -0.3 is 16.4 Å². The second-order valence-corrected chi connectivity index (χ2v) is 5.58. The van der Waals surface area contributed by atoms with Gasteiger partial charge in [0, 0.05) is 11.9 Å². The molecule has 0 saturated heterocycles. The molecule has 3 rings (SSSR count). The Hall–Kier alpha value is -2.74. The number of benzene rings is 1. The van der Waals surface area contributed by atoms with Gasteiger partial charge >= 0.3 is 0 Å². The molecule has 0 spiro atoms. The summed E-state index contributed by atoms with van der Waals surface area (Å²) in [4.78, 5) is 23.7. The zero-order valence-corrected chi connectivity index (χ0v) is 12.6. The highest BCUT2D eigenvalue weighted by atomic mass is 32.1. The Labute approximate surface area is 130 Å². The van der Waals surface area contributed by atoms with Crippen LogP contribution in [0.25, 0.3) is 10.2 Å². The van der Waals surface area contributed by atoms with Crippen molar-refractivity contribution in [2.24, 2.45) is 5.73 Å². The number of nitrogens with one attached hydrogen (secondary N) is 2. The highest BCUT2D eigenvalue weighted by Gasteiger charge is 2.10. The molecular formula is C14H14N6OS. The lowest BCUT2D eigenvalue weighted by molar-refractivity contribution is -0.118.